The van der Waals surface area contributed by atoms with Crippen molar-refractivity contribution < 1.29 is 28.8 Å². The highest BCUT2D eigenvalue weighted by molar-refractivity contribution is 8.13. The van der Waals surface area contributed by atoms with Crippen LogP contribution in [0.25, 0.3) is 0 Å². The SMILES string of the molecule is CCC1(c2ccccc2)C2=C(Cc3ncsc31)CC(C(C)C)CC2=O.CCCC1CC(=O)C2=C(Cc3ncsc3C2(CC)c2ccccc2)C1.CC[C@@H]1CC(=O)C2=C(Cc3ncsc3[C@]2(CC)c2ccccc2)C1.CC[C@@]1(c2ccccc2)C2=C(CC3N=CSC31)C[C@H](C(C)C)CC2=O.CC[C@@]1(c2ccccc2)C2=C(Cc3ncsc31)C[C@@H](C(C)C)CC2=O.CC[C@H]1CC(=O)C2=C(Cc3ncsc3[C@]2(CC)c2ccccc2)C1. The Kier molecular flexibility index (Phi) is 32.4. The monoisotopic (exact) mass is 2080 g/mol. The Morgan fingerprint density at radius 1 is 0.277 bits per heavy atom. The highest BCUT2D eigenvalue weighted by atomic mass is 32.2. The van der Waals surface area contributed by atoms with Crippen molar-refractivity contribution in [3.05, 3.63) is 363 Å². The molecule has 0 saturated heterocycles. The van der Waals surface area contributed by atoms with Gasteiger partial charge in [-0.15, -0.1) is 68.4 Å². The van der Waals surface area contributed by atoms with E-state index >= 15 is 0 Å². The number of ketones is 6. The quantitative estimate of drug-likeness (QED) is 0.0749. The molecule has 0 bridgehead atoms. The van der Waals surface area contributed by atoms with E-state index in [2.05, 4.69) is 299 Å². The highest BCUT2D eigenvalue weighted by Gasteiger charge is 2.59. The molecule has 13 aliphatic rings. The molecule has 5 aromatic heterocycles. The van der Waals surface area contributed by atoms with Crippen molar-refractivity contribution in [1.82, 2.24) is 24.9 Å². The molecule has 12 aliphatic carbocycles. The lowest BCUT2D eigenvalue weighted by Gasteiger charge is -2.49. The van der Waals surface area contributed by atoms with Crippen molar-refractivity contribution >= 4 is 109 Å². The number of aliphatic imine (C=N–C) groups is 1. The Hall–Kier alpha value is -10.1. The maximum atomic E-state index is 13.4. The molecule has 770 valence electrons. The fourth-order valence-corrected chi connectivity index (χ4v) is 36.1. The number of rotatable bonds is 19. The first kappa shape index (κ1) is 106. The minimum absolute atomic E-state index is 0.181. The first-order valence-electron chi connectivity index (χ1n) is 55.5. The molecule has 6 heterocycles. The van der Waals surface area contributed by atoms with E-state index in [9.17, 15) is 28.8 Å². The number of carbonyl (C=O) groups excluding carboxylic acids is 6. The predicted molar refractivity (Wildman–Crippen MR) is 612 cm³/mol. The Labute approximate surface area is 903 Å². The summed E-state index contributed by atoms with van der Waals surface area (Å²) in [5, 5.41) is 0.359. The highest BCUT2D eigenvalue weighted by Crippen LogP contribution is 2.63. The van der Waals surface area contributed by atoms with Crippen LogP contribution in [-0.2, 0) is 93.4 Å². The predicted octanol–water partition coefficient (Wildman–Crippen LogP) is 31.5. The van der Waals surface area contributed by atoms with Crippen LogP contribution in [0, 0.1) is 53.3 Å². The van der Waals surface area contributed by atoms with E-state index in [4.69, 9.17) is 4.99 Å². The molecule has 0 radical (unpaired) electrons. The first-order valence-corrected chi connectivity index (χ1v) is 60.9. The third-order valence-corrected chi connectivity index (χ3v) is 43.0. The zero-order chi connectivity index (χ0) is 104. The minimum atomic E-state index is -0.301. The van der Waals surface area contributed by atoms with Crippen LogP contribution in [0.4, 0.5) is 0 Å². The second-order valence-corrected chi connectivity index (χ2v) is 50.3. The van der Waals surface area contributed by atoms with Gasteiger partial charge in [0.1, 0.15) is 0 Å². The van der Waals surface area contributed by atoms with E-state index in [0.717, 1.165) is 181 Å². The molecule has 0 fully saturated rings. The van der Waals surface area contributed by atoms with Gasteiger partial charge in [0.25, 0.3) is 0 Å². The van der Waals surface area contributed by atoms with Gasteiger partial charge in [-0.25, -0.2) is 24.9 Å². The third kappa shape index (κ3) is 18.8. The van der Waals surface area contributed by atoms with Gasteiger partial charge < -0.3 is 0 Å². The van der Waals surface area contributed by atoms with Crippen LogP contribution in [0.15, 0.2) is 281 Å². The molecule has 0 saturated carbocycles. The van der Waals surface area contributed by atoms with E-state index in [1.54, 1.807) is 56.7 Å². The lowest BCUT2D eigenvalue weighted by Crippen LogP contribution is -2.51. The molecule has 12 nitrogen and oxygen atoms in total. The first-order chi connectivity index (χ1) is 71.8. The number of Topliss-reactive ketones (excluding diaryl/α,β-unsaturated/α-hetero) is 6. The summed E-state index contributed by atoms with van der Waals surface area (Å²) in [6.45, 7) is 33.4. The summed E-state index contributed by atoms with van der Waals surface area (Å²) >= 11 is 10.4. The second-order valence-electron chi connectivity index (χ2n) is 45.0. The number of hydrogen-bond acceptors (Lipinski definition) is 18. The average molecular weight is 2080 g/mol. The molecule has 14 atom stereocenters. The molecule has 148 heavy (non-hydrogen) atoms. The lowest BCUT2D eigenvalue weighted by atomic mass is 9.57. The Balaban J connectivity index is 0.000000112. The molecule has 18 heteroatoms. The van der Waals surface area contributed by atoms with Gasteiger partial charge in [0.15, 0.2) is 34.7 Å². The number of aromatic nitrogens is 5. The number of nitrogens with zero attached hydrogens (tertiary/aromatic N) is 6. The number of thioether (sulfide) groups is 1. The molecule has 0 amide bonds. The maximum Gasteiger partial charge on any atom is 0.160 e. The van der Waals surface area contributed by atoms with Gasteiger partial charge in [-0.3, -0.25) is 33.8 Å². The Bertz CT molecular complexity index is 6680. The largest absolute Gasteiger partial charge is 0.295 e. The van der Waals surface area contributed by atoms with Gasteiger partial charge >= 0.3 is 0 Å². The molecule has 24 rings (SSSR count). The molecular formula is C130H148N6O6S6. The number of carbonyl (C=O) groups is 6. The zero-order valence-electron chi connectivity index (χ0n) is 89.5. The van der Waals surface area contributed by atoms with Gasteiger partial charge in [-0.1, -0.05) is 339 Å². The number of fused-ring (bicyclic) bond motifs is 6. The molecular weight excluding hydrogens is 1930 g/mol. The Morgan fingerprint density at radius 3 is 0.791 bits per heavy atom. The van der Waals surface area contributed by atoms with Crippen molar-refractivity contribution in [3.8, 4) is 0 Å². The van der Waals surface area contributed by atoms with Crippen molar-refractivity contribution in [3.63, 3.8) is 0 Å². The number of benzene rings is 6. The van der Waals surface area contributed by atoms with Crippen molar-refractivity contribution in [2.45, 2.75) is 327 Å². The van der Waals surface area contributed by atoms with Gasteiger partial charge in [0.2, 0.25) is 0 Å². The molecule has 6 unspecified atom stereocenters. The van der Waals surface area contributed by atoms with Crippen molar-refractivity contribution in [2.24, 2.45) is 58.3 Å². The van der Waals surface area contributed by atoms with Crippen LogP contribution >= 0.6 is 68.4 Å². The zero-order valence-corrected chi connectivity index (χ0v) is 94.4. The summed E-state index contributed by atoms with van der Waals surface area (Å²) in [6.07, 6.45) is 25.9. The van der Waals surface area contributed by atoms with Gasteiger partial charge in [0, 0.05) is 139 Å². The number of thiazole rings is 5. The fraction of sp³-hybridized carbons (Fsp3) is 0.462. The number of hydrogen-bond donors (Lipinski definition) is 0. The second kappa shape index (κ2) is 45.1. The average Bonchev–Trinajstić information content (AvgIpc) is 1.37. The van der Waals surface area contributed by atoms with Gasteiger partial charge in [-0.05, 0) is 177 Å². The lowest BCUT2D eigenvalue weighted by molar-refractivity contribution is -0.119. The molecule has 11 aromatic rings. The van der Waals surface area contributed by atoms with Crippen molar-refractivity contribution in [1.29, 1.82) is 0 Å². The summed E-state index contributed by atoms with van der Waals surface area (Å²) < 4.78 is 0. The minimum Gasteiger partial charge on any atom is -0.295 e. The topological polar surface area (TPSA) is 179 Å². The van der Waals surface area contributed by atoms with Gasteiger partial charge in [0.05, 0.1) is 94.7 Å². The van der Waals surface area contributed by atoms with Gasteiger partial charge in [-0.2, -0.15) is 0 Å². The van der Waals surface area contributed by atoms with Crippen LogP contribution in [0.2, 0.25) is 0 Å². The molecule has 1 aliphatic heterocycles. The van der Waals surface area contributed by atoms with Crippen LogP contribution in [0.1, 0.15) is 338 Å². The maximum absolute atomic E-state index is 13.4. The van der Waals surface area contributed by atoms with Crippen LogP contribution < -0.4 is 0 Å². The summed E-state index contributed by atoms with van der Waals surface area (Å²) in [7, 11) is 0. The third-order valence-electron chi connectivity index (χ3n) is 36.6. The van der Waals surface area contributed by atoms with Crippen LogP contribution in [0.5, 0.6) is 0 Å². The fourth-order valence-electron chi connectivity index (χ4n) is 29.2. The molecule has 0 N–H and O–H groups in total. The molecule has 6 aromatic carbocycles. The standard InChI is InChI=1S/C22H27NOS.3C22H25NOS.2C21H23NOS/c3*1-4-22(17-8-6-5-7-9-17)20-16(11-18-21(22)25-13-23-18)10-15(14(2)3)12-19(20)24;1-3-8-15-11-16-13-18-21(25-14-23-18)22(4-2,20(16)19(24)12-15)17-9-6-5-7-10-17;2*1-3-14-10-15-12-17-20(24-13-22-17)21(4-2,19(15)18(23)11-14)16-8-6-5-7-9-16/h5-9,13-15,18,21H,4,10-12H2,1-3H3;2*5-9,13-15H,4,10-12H2,1-3H3;5-7,9-10,14-15H,3-4,8,11-13H2,1-2H3;2*5-9,13-14H,3-4,10-12H2,1-2H3/t15-,18?,21?,22+;15-,22-;;;14-,21+;14-,21-/m01..01/s1. The van der Waals surface area contributed by atoms with E-state index < -0.39 is 0 Å². The van der Waals surface area contributed by atoms with Crippen LogP contribution in [-0.4, -0.2) is 76.5 Å². The van der Waals surface area contributed by atoms with E-state index in [1.807, 2.05) is 57.0 Å². The Morgan fingerprint density at radius 2 is 0.527 bits per heavy atom. The van der Waals surface area contributed by atoms with E-state index in [-0.39, 0.29) is 32.5 Å². The summed E-state index contributed by atoms with van der Waals surface area (Å²) in [5.74, 6) is 6.84. The van der Waals surface area contributed by atoms with Crippen LogP contribution in [0.3, 0.4) is 0 Å². The number of allylic oxidation sites excluding steroid dienone is 11. The smallest absolute Gasteiger partial charge is 0.160 e. The summed E-state index contributed by atoms with van der Waals surface area (Å²) in [6, 6.07) is 64.1. The summed E-state index contributed by atoms with van der Waals surface area (Å²) in [4.78, 5) is 114. The normalized spacial score (nSPS) is 27.4. The van der Waals surface area contributed by atoms with E-state index in [0.29, 0.717) is 131 Å². The van der Waals surface area contributed by atoms with E-state index in [1.165, 1.54) is 120 Å². The molecule has 0 spiro atoms. The summed E-state index contributed by atoms with van der Waals surface area (Å²) in [5.41, 5.74) is 38.4. The van der Waals surface area contributed by atoms with Crippen molar-refractivity contribution in [2.75, 3.05) is 0 Å².